The summed E-state index contributed by atoms with van der Waals surface area (Å²) in [6.07, 6.45) is 0.941. The summed E-state index contributed by atoms with van der Waals surface area (Å²) >= 11 is 0. The maximum atomic E-state index is 13.0. The second-order valence-corrected chi connectivity index (χ2v) is 7.37. The zero-order valence-corrected chi connectivity index (χ0v) is 17.6. The molecule has 0 aromatic heterocycles. The third-order valence-electron chi connectivity index (χ3n) is 5.13. The summed E-state index contributed by atoms with van der Waals surface area (Å²) in [5.41, 5.74) is 3.42. The number of ether oxygens (including phenoxy) is 1. The predicted octanol–water partition coefficient (Wildman–Crippen LogP) is 3.87. The minimum atomic E-state index is -0.301. The number of nitrogens with one attached hydrogen (secondary N) is 2. The molecule has 3 amide bonds. The van der Waals surface area contributed by atoms with E-state index in [2.05, 4.69) is 17.6 Å². The van der Waals surface area contributed by atoms with Crippen molar-refractivity contribution in [1.82, 2.24) is 0 Å². The highest BCUT2D eigenvalue weighted by Crippen LogP contribution is 2.30. The van der Waals surface area contributed by atoms with Crippen LogP contribution in [0, 0.1) is 0 Å². The Hall–Kier alpha value is -4.13. The maximum absolute atomic E-state index is 13.0. The lowest BCUT2D eigenvalue weighted by Crippen LogP contribution is -2.42. The van der Waals surface area contributed by atoms with E-state index in [1.54, 1.807) is 42.5 Å². The van der Waals surface area contributed by atoms with Gasteiger partial charge in [0.25, 0.3) is 11.8 Å². The van der Waals surface area contributed by atoms with Gasteiger partial charge < -0.3 is 15.4 Å². The molecule has 0 aliphatic carbocycles. The Bertz CT molecular complexity index is 1140. The van der Waals surface area contributed by atoms with Crippen LogP contribution in [-0.2, 0) is 16.0 Å². The second kappa shape index (κ2) is 9.34. The maximum Gasteiger partial charge on any atom is 0.262 e. The molecule has 0 saturated heterocycles. The molecule has 0 unspecified atom stereocenters. The molecule has 4 rings (SSSR count). The largest absolute Gasteiger partial charge is 0.484 e. The van der Waals surface area contributed by atoms with Crippen LogP contribution in [0.1, 0.15) is 22.8 Å². The van der Waals surface area contributed by atoms with Crippen molar-refractivity contribution in [1.29, 1.82) is 0 Å². The highest BCUT2D eigenvalue weighted by Gasteiger charge is 2.27. The number of fused-ring (bicyclic) bond motifs is 1. The predicted molar refractivity (Wildman–Crippen MR) is 123 cm³/mol. The number of anilines is 3. The van der Waals surface area contributed by atoms with Crippen LogP contribution in [-0.4, -0.2) is 30.9 Å². The Kier molecular flexibility index (Phi) is 6.17. The lowest BCUT2D eigenvalue weighted by atomic mass is 10.1. The number of hydrogen-bond acceptors (Lipinski definition) is 4. The first-order chi connectivity index (χ1) is 15.5. The summed E-state index contributed by atoms with van der Waals surface area (Å²) in [7, 11) is 0. The number of nitrogens with zero attached hydrogens (tertiary/aromatic N) is 1. The molecule has 32 heavy (non-hydrogen) atoms. The van der Waals surface area contributed by atoms with E-state index in [1.807, 2.05) is 30.3 Å². The van der Waals surface area contributed by atoms with Gasteiger partial charge in [-0.1, -0.05) is 31.2 Å². The number of hydrogen-bond donors (Lipinski definition) is 2. The zero-order valence-electron chi connectivity index (χ0n) is 17.6. The van der Waals surface area contributed by atoms with Crippen LogP contribution in [0.5, 0.6) is 5.75 Å². The Morgan fingerprint density at radius 2 is 1.72 bits per heavy atom. The molecule has 0 fully saturated rings. The topological polar surface area (TPSA) is 87.7 Å². The van der Waals surface area contributed by atoms with Crippen molar-refractivity contribution >= 4 is 34.8 Å². The Balaban J connectivity index is 1.37. The van der Waals surface area contributed by atoms with E-state index in [-0.39, 0.29) is 30.9 Å². The first kappa shape index (κ1) is 21.1. The molecule has 0 spiro atoms. The van der Waals surface area contributed by atoms with E-state index in [0.29, 0.717) is 28.4 Å². The molecule has 162 valence electrons. The number of rotatable bonds is 6. The van der Waals surface area contributed by atoms with E-state index in [9.17, 15) is 14.4 Å². The molecule has 1 aliphatic rings. The average Bonchev–Trinajstić information content (AvgIpc) is 2.82. The molecule has 0 bridgehead atoms. The summed E-state index contributed by atoms with van der Waals surface area (Å²) < 4.78 is 5.51. The van der Waals surface area contributed by atoms with Gasteiger partial charge in [0, 0.05) is 11.3 Å². The summed E-state index contributed by atoms with van der Waals surface area (Å²) in [6.45, 7) is 1.90. The summed E-state index contributed by atoms with van der Waals surface area (Å²) in [5.74, 6) is -0.205. The molecular weight excluding hydrogens is 406 g/mol. The van der Waals surface area contributed by atoms with Gasteiger partial charge in [-0.15, -0.1) is 0 Å². The van der Waals surface area contributed by atoms with Gasteiger partial charge in [0.2, 0.25) is 5.91 Å². The molecule has 0 saturated carbocycles. The lowest BCUT2D eigenvalue weighted by Gasteiger charge is -2.29. The fraction of sp³-hybridized carbons (Fsp3) is 0.160. The molecule has 3 aromatic rings. The highest BCUT2D eigenvalue weighted by atomic mass is 16.5. The third kappa shape index (κ3) is 4.78. The van der Waals surface area contributed by atoms with Gasteiger partial charge >= 0.3 is 0 Å². The summed E-state index contributed by atoms with van der Waals surface area (Å²) in [4.78, 5) is 38.6. The smallest absolute Gasteiger partial charge is 0.262 e. The van der Waals surface area contributed by atoms with Gasteiger partial charge in [0.1, 0.15) is 12.3 Å². The molecular formula is C25H23N3O4. The Labute approximate surface area is 186 Å². The minimum absolute atomic E-state index is 0.0507. The molecule has 0 radical (unpaired) electrons. The highest BCUT2D eigenvalue weighted by molar-refractivity contribution is 6.15. The van der Waals surface area contributed by atoms with Crippen LogP contribution >= 0.6 is 0 Å². The average molecular weight is 429 g/mol. The molecule has 1 aliphatic heterocycles. The second-order valence-electron chi connectivity index (χ2n) is 7.37. The number of aryl methyl sites for hydroxylation is 1. The van der Waals surface area contributed by atoms with Crippen molar-refractivity contribution in [2.45, 2.75) is 13.3 Å². The van der Waals surface area contributed by atoms with Crippen LogP contribution in [0.3, 0.4) is 0 Å². The third-order valence-corrected chi connectivity index (χ3v) is 5.13. The fourth-order valence-electron chi connectivity index (χ4n) is 3.43. The van der Waals surface area contributed by atoms with Gasteiger partial charge in [-0.05, 0) is 60.5 Å². The standard InChI is InChI=1S/C25H23N3O4/c1-2-17-7-13-20(14-8-17)32-16-24(30)26-19-11-9-18(10-12-19)25(31)28-15-23(29)27-21-5-3-4-6-22(21)28/h3-14H,2,15-16H2,1H3,(H,26,30)(H,27,29). The number of para-hydroxylation sites is 2. The van der Waals surface area contributed by atoms with Gasteiger partial charge in [-0.2, -0.15) is 0 Å². The Morgan fingerprint density at radius 3 is 2.44 bits per heavy atom. The molecule has 3 aromatic carbocycles. The van der Waals surface area contributed by atoms with Crippen molar-refractivity contribution in [2.75, 3.05) is 28.7 Å². The first-order valence-corrected chi connectivity index (χ1v) is 10.4. The lowest BCUT2D eigenvalue weighted by molar-refractivity contribution is -0.118. The van der Waals surface area contributed by atoms with Gasteiger partial charge in [0.05, 0.1) is 11.4 Å². The van der Waals surface area contributed by atoms with Gasteiger partial charge in [-0.25, -0.2) is 0 Å². The Morgan fingerprint density at radius 1 is 1.00 bits per heavy atom. The number of carbonyl (C=O) groups is 3. The van der Waals surface area contributed by atoms with Gasteiger partial charge in [0.15, 0.2) is 6.61 Å². The summed E-state index contributed by atoms with van der Waals surface area (Å²) in [6, 6.07) is 21.3. The molecule has 7 heteroatoms. The van der Waals surface area contributed by atoms with Crippen LogP contribution in [0.4, 0.5) is 17.1 Å². The van der Waals surface area contributed by atoms with Crippen molar-refractivity contribution in [3.05, 3.63) is 83.9 Å². The van der Waals surface area contributed by atoms with E-state index in [1.165, 1.54) is 10.5 Å². The number of amides is 3. The quantitative estimate of drug-likeness (QED) is 0.623. The van der Waals surface area contributed by atoms with E-state index < -0.39 is 0 Å². The SMILES string of the molecule is CCc1ccc(OCC(=O)Nc2ccc(C(=O)N3CC(=O)Nc4ccccc43)cc2)cc1. The van der Waals surface area contributed by atoms with Crippen molar-refractivity contribution in [3.63, 3.8) is 0 Å². The van der Waals surface area contributed by atoms with E-state index in [0.717, 1.165) is 6.42 Å². The molecule has 0 atom stereocenters. The molecule has 2 N–H and O–H groups in total. The van der Waals surface area contributed by atoms with Crippen LogP contribution in [0.15, 0.2) is 72.8 Å². The summed E-state index contributed by atoms with van der Waals surface area (Å²) in [5, 5.41) is 5.51. The molecule has 7 nitrogen and oxygen atoms in total. The van der Waals surface area contributed by atoms with Crippen LogP contribution in [0.25, 0.3) is 0 Å². The fourth-order valence-corrected chi connectivity index (χ4v) is 3.43. The van der Waals surface area contributed by atoms with Crippen molar-refractivity contribution in [3.8, 4) is 5.75 Å². The van der Waals surface area contributed by atoms with Crippen molar-refractivity contribution in [2.24, 2.45) is 0 Å². The normalized spacial score (nSPS) is 12.5. The van der Waals surface area contributed by atoms with E-state index >= 15 is 0 Å². The minimum Gasteiger partial charge on any atom is -0.484 e. The number of carbonyl (C=O) groups excluding carboxylic acids is 3. The van der Waals surface area contributed by atoms with Gasteiger partial charge in [-0.3, -0.25) is 19.3 Å². The van der Waals surface area contributed by atoms with Crippen molar-refractivity contribution < 1.29 is 19.1 Å². The first-order valence-electron chi connectivity index (χ1n) is 10.4. The van der Waals surface area contributed by atoms with Crippen LogP contribution < -0.4 is 20.3 Å². The monoisotopic (exact) mass is 429 g/mol. The zero-order chi connectivity index (χ0) is 22.5. The number of benzene rings is 3. The molecule has 1 heterocycles. The van der Waals surface area contributed by atoms with Crippen LogP contribution in [0.2, 0.25) is 0 Å². The van der Waals surface area contributed by atoms with E-state index in [4.69, 9.17) is 4.74 Å².